The van der Waals surface area contributed by atoms with E-state index in [4.69, 9.17) is 5.73 Å². The number of halogens is 1. The van der Waals surface area contributed by atoms with Crippen LogP contribution in [0, 0.1) is 31.0 Å². The number of nitrogens with two attached hydrogens (primary N) is 1. The molecule has 0 bridgehead atoms. The van der Waals surface area contributed by atoms with Gasteiger partial charge in [0.25, 0.3) is 0 Å². The molecule has 21 heavy (non-hydrogen) atoms. The van der Waals surface area contributed by atoms with E-state index in [1.807, 2.05) is 19.9 Å². The fourth-order valence-corrected chi connectivity index (χ4v) is 2.51. The molecule has 0 aliphatic carbocycles. The zero-order valence-corrected chi connectivity index (χ0v) is 11.6. The Kier molecular flexibility index (Phi) is 2.84. The topological polar surface area (TPSA) is 80.5 Å². The second kappa shape index (κ2) is 4.56. The number of anilines is 1. The fourth-order valence-electron chi connectivity index (χ4n) is 2.51. The molecule has 0 radical (unpaired) electrons. The number of benzene rings is 1. The monoisotopic (exact) mass is 281 g/mol. The van der Waals surface area contributed by atoms with Crippen molar-refractivity contribution in [2.75, 3.05) is 5.73 Å². The molecule has 2 N–H and O–H groups in total. The van der Waals surface area contributed by atoms with Crippen molar-refractivity contribution in [2.45, 2.75) is 13.8 Å². The van der Waals surface area contributed by atoms with Crippen molar-refractivity contribution in [2.24, 2.45) is 0 Å². The first kappa shape index (κ1) is 13.1. The van der Waals surface area contributed by atoms with Gasteiger partial charge >= 0.3 is 0 Å². The Hall–Kier alpha value is -2.94. The van der Waals surface area contributed by atoms with Crippen molar-refractivity contribution in [1.29, 1.82) is 5.26 Å². The quantitative estimate of drug-likeness (QED) is 0.743. The van der Waals surface area contributed by atoms with Gasteiger partial charge in [-0.25, -0.2) is 14.4 Å². The predicted molar refractivity (Wildman–Crippen MR) is 77.4 cm³/mol. The third-order valence-corrected chi connectivity index (χ3v) is 3.64. The molecule has 3 aromatic rings. The number of aromatic nitrogens is 3. The number of nitriles is 1. The molecule has 0 spiro atoms. The Morgan fingerprint density at radius 1 is 1.29 bits per heavy atom. The van der Waals surface area contributed by atoms with E-state index in [9.17, 15) is 9.65 Å². The van der Waals surface area contributed by atoms with E-state index in [0.29, 0.717) is 17.2 Å². The maximum absolute atomic E-state index is 13.3. The molecule has 2 heterocycles. The SMILES string of the molecule is Cc1c(C)n(-c2ccc(F)cc2C#N)c2ncnc(N)c12. The van der Waals surface area contributed by atoms with Crippen LogP contribution < -0.4 is 5.73 Å². The van der Waals surface area contributed by atoms with Crippen LogP contribution in [0.25, 0.3) is 16.7 Å². The van der Waals surface area contributed by atoms with Crippen molar-refractivity contribution in [3.63, 3.8) is 0 Å². The molecular formula is C15H12FN5. The van der Waals surface area contributed by atoms with Crippen LogP contribution in [0.15, 0.2) is 24.5 Å². The van der Waals surface area contributed by atoms with Gasteiger partial charge in [-0.15, -0.1) is 0 Å². The van der Waals surface area contributed by atoms with Gasteiger partial charge < -0.3 is 5.73 Å². The molecule has 0 aliphatic heterocycles. The largest absolute Gasteiger partial charge is 0.383 e. The maximum atomic E-state index is 13.3. The first-order chi connectivity index (χ1) is 10.0. The van der Waals surface area contributed by atoms with Crippen LogP contribution in [-0.4, -0.2) is 14.5 Å². The predicted octanol–water partition coefficient (Wildman–Crippen LogP) is 2.63. The van der Waals surface area contributed by atoms with E-state index in [2.05, 4.69) is 9.97 Å². The normalized spacial score (nSPS) is 10.8. The van der Waals surface area contributed by atoms with Crippen LogP contribution in [-0.2, 0) is 0 Å². The van der Waals surface area contributed by atoms with Crippen molar-refractivity contribution in [1.82, 2.24) is 14.5 Å². The van der Waals surface area contributed by atoms with Crippen molar-refractivity contribution in [3.05, 3.63) is 47.2 Å². The molecule has 0 fully saturated rings. The standard InChI is InChI=1S/C15H12FN5/c1-8-9(2)21(15-13(8)14(18)19-7-20-15)12-4-3-11(16)5-10(12)6-17/h3-5,7H,1-2H3,(H2,18,19,20). The first-order valence-corrected chi connectivity index (χ1v) is 6.32. The van der Waals surface area contributed by atoms with Gasteiger partial charge in [0.05, 0.1) is 16.6 Å². The number of hydrogen-bond acceptors (Lipinski definition) is 4. The number of nitrogen functional groups attached to an aromatic ring is 1. The molecule has 5 nitrogen and oxygen atoms in total. The number of fused-ring (bicyclic) bond motifs is 1. The van der Waals surface area contributed by atoms with Crippen LogP contribution in [0.2, 0.25) is 0 Å². The highest BCUT2D eigenvalue weighted by Crippen LogP contribution is 2.31. The number of aryl methyl sites for hydroxylation is 1. The van der Waals surface area contributed by atoms with Gasteiger partial charge in [0, 0.05) is 5.69 Å². The Labute approximate surface area is 120 Å². The lowest BCUT2D eigenvalue weighted by molar-refractivity contribution is 0.627. The Bertz CT molecular complexity index is 905. The van der Waals surface area contributed by atoms with Crippen LogP contribution in [0.1, 0.15) is 16.8 Å². The maximum Gasteiger partial charge on any atom is 0.150 e. The minimum atomic E-state index is -0.449. The second-order valence-electron chi connectivity index (χ2n) is 4.78. The van der Waals surface area contributed by atoms with E-state index in [1.165, 1.54) is 18.5 Å². The van der Waals surface area contributed by atoms with Gasteiger partial charge in [-0.1, -0.05) is 0 Å². The smallest absolute Gasteiger partial charge is 0.150 e. The molecule has 0 aliphatic rings. The molecular weight excluding hydrogens is 269 g/mol. The van der Waals surface area contributed by atoms with Crippen LogP contribution >= 0.6 is 0 Å². The highest BCUT2D eigenvalue weighted by molar-refractivity contribution is 5.92. The average Bonchev–Trinajstić information content (AvgIpc) is 2.72. The average molecular weight is 281 g/mol. The number of hydrogen-bond donors (Lipinski definition) is 1. The summed E-state index contributed by atoms with van der Waals surface area (Å²) in [6.45, 7) is 3.82. The zero-order chi connectivity index (χ0) is 15.1. The summed E-state index contributed by atoms with van der Waals surface area (Å²) in [5.74, 6) is -0.0600. The summed E-state index contributed by atoms with van der Waals surface area (Å²) in [5, 5.41) is 9.99. The van der Waals surface area contributed by atoms with Gasteiger partial charge in [0.15, 0.2) is 5.65 Å². The zero-order valence-electron chi connectivity index (χ0n) is 11.6. The third-order valence-electron chi connectivity index (χ3n) is 3.64. The van der Waals surface area contributed by atoms with Crippen molar-refractivity contribution < 1.29 is 4.39 Å². The minimum absolute atomic E-state index is 0.243. The lowest BCUT2D eigenvalue weighted by Gasteiger charge is -2.09. The minimum Gasteiger partial charge on any atom is -0.383 e. The number of nitrogens with zero attached hydrogens (tertiary/aromatic N) is 4. The number of rotatable bonds is 1. The molecule has 0 amide bonds. The van der Waals surface area contributed by atoms with Gasteiger partial charge in [0.1, 0.15) is 24.0 Å². The van der Waals surface area contributed by atoms with Gasteiger partial charge in [0.2, 0.25) is 0 Å². The lowest BCUT2D eigenvalue weighted by atomic mass is 10.2. The summed E-state index contributed by atoms with van der Waals surface area (Å²) in [4.78, 5) is 8.27. The van der Waals surface area contributed by atoms with Crippen molar-refractivity contribution >= 4 is 16.9 Å². The third kappa shape index (κ3) is 1.82. The van der Waals surface area contributed by atoms with E-state index in [0.717, 1.165) is 16.6 Å². The molecule has 0 atom stereocenters. The molecule has 104 valence electrons. The summed E-state index contributed by atoms with van der Waals surface area (Å²) < 4.78 is 15.1. The van der Waals surface area contributed by atoms with Crippen LogP contribution in [0.4, 0.5) is 10.2 Å². The lowest BCUT2D eigenvalue weighted by Crippen LogP contribution is -2.02. The summed E-state index contributed by atoms with van der Waals surface area (Å²) in [6, 6.07) is 6.11. The first-order valence-electron chi connectivity index (χ1n) is 6.32. The van der Waals surface area contributed by atoms with E-state index in [1.54, 1.807) is 10.6 Å². The summed E-state index contributed by atoms with van der Waals surface area (Å²) >= 11 is 0. The van der Waals surface area contributed by atoms with Gasteiger partial charge in [-0.05, 0) is 37.6 Å². The highest BCUT2D eigenvalue weighted by Gasteiger charge is 2.18. The molecule has 2 aromatic heterocycles. The summed E-state index contributed by atoms with van der Waals surface area (Å²) in [7, 11) is 0. The van der Waals surface area contributed by atoms with E-state index < -0.39 is 5.82 Å². The van der Waals surface area contributed by atoms with E-state index in [-0.39, 0.29) is 5.56 Å². The van der Waals surface area contributed by atoms with Gasteiger partial charge in [-0.2, -0.15) is 5.26 Å². The Balaban J connectivity index is 2.45. The van der Waals surface area contributed by atoms with Crippen LogP contribution in [0.5, 0.6) is 0 Å². The molecule has 0 saturated carbocycles. The van der Waals surface area contributed by atoms with E-state index >= 15 is 0 Å². The van der Waals surface area contributed by atoms with Crippen molar-refractivity contribution in [3.8, 4) is 11.8 Å². The molecule has 0 unspecified atom stereocenters. The van der Waals surface area contributed by atoms with Gasteiger partial charge in [-0.3, -0.25) is 4.57 Å². The molecule has 6 heteroatoms. The molecule has 3 rings (SSSR count). The highest BCUT2D eigenvalue weighted by atomic mass is 19.1. The Morgan fingerprint density at radius 3 is 2.76 bits per heavy atom. The second-order valence-corrected chi connectivity index (χ2v) is 4.78. The van der Waals surface area contributed by atoms with Crippen LogP contribution in [0.3, 0.4) is 0 Å². The summed E-state index contributed by atoms with van der Waals surface area (Å²) in [6.07, 6.45) is 1.38. The molecule has 0 saturated heterocycles. The fraction of sp³-hybridized carbons (Fsp3) is 0.133. The summed E-state index contributed by atoms with van der Waals surface area (Å²) in [5.41, 5.74) is 9.18. The molecule has 1 aromatic carbocycles. The Morgan fingerprint density at radius 2 is 2.05 bits per heavy atom.